The van der Waals surface area contributed by atoms with Crippen LogP contribution in [0.4, 0.5) is 0 Å². The maximum Gasteiger partial charge on any atom is 0.170 e. The van der Waals surface area contributed by atoms with Crippen LogP contribution in [0, 0.1) is 0 Å². The highest BCUT2D eigenvalue weighted by molar-refractivity contribution is 6.30. The van der Waals surface area contributed by atoms with Gasteiger partial charge in [-0.05, 0) is 0 Å². The Kier molecular flexibility index (Phi) is 2.19. The third-order valence-corrected chi connectivity index (χ3v) is 1.82. The molecule has 0 saturated carbocycles. The van der Waals surface area contributed by atoms with E-state index in [2.05, 4.69) is 25.3 Å². The zero-order valence-corrected chi connectivity index (χ0v) is 7.89. The second kappa shape index (κ2) is 2.82. The lowest BCUT2D eigenvalue weighted by atomic mass is 10.1. The van der Waals surface area contributed by atoms with Gasteiger partial charge in [0.15, 0.2) is 17.9 Å². The molecule has 0 spiro atoms. The molecule has 0 fully saturated rings. The maximum absolute atomic E-state index is 5.75. The first-order valence-corrected chi connectivity index (χ1v) is 4.05. The van der Waals surface area contributed by atoms with Crippen LogP contribution in [-0.2, 0) is 5.54 Å². The SMILES string of the molecule is CC(C)(C)[n+]1ccc(Cl)cc1. The molecule has 0 N–H and O–H groups in total. The van der Waals surface area contributed by atoms with E-state index in [-0.39, 0.29) is 5.54 Å². The second-order valence-corrected chi connectivity index (χ2v) is 4.03. The molecule has 1 aromatic rings. The van der Waals surface area contributed by atoms with Crippen LogP contribution in [0.15, 0.2) is 24.5 Å². The summed E-state index contributed by atoms with van der Waals surface area (Å²) in [5.41, 5.74) is 0.143. The highest BCUT2D eigenvalue weighted by Crippen LogP contribution is 2.07. The van der Waals surface area contributed by atoms with E-state index in [1.807, 2.05) is 24.5 Å². The van der Waals surface area contributed by atoms with E-state index in [0.717, 1.165) is 5.02 Å². The molecule has 0 aliphatic rings. The Morgan fingerprint density at radius 3 is 2.00 bits per heavy atom. The standard InChI is InChI=1S/C9H13ClN/c1-9(2,3)11-6-4-8(10)5-7-11/h4-7H,1-3H3/q+1. The predicted molar refractivity (Wildman–Crippen MR) is 46.6 cm³/mol. The summed E-state index contributed by atoms with van der Waals surface area (Å²) in [6.07, 6.45) is 3.98. The summed E-state index contributed by atoms with van der Waals surface area (Å²) in [6.45, 7) is 6.46. The molecule has 1 heterocycles. The van der Waals surface area contributed by atoms with Crippen molar-refractivity contribution in [3.05, 3.63) is 29.5 Å². The van der Waals surface area contributed by atoms with E-state index < -0.39 is 0 Å². The largest absolute Gasteiger partial charge is 0.201 e. The third kappa shape index (κ3) is 2.19. The number of aromatic nitrogens is 1. The van der Waals surface area contributed by atoms with Gasteiger partial charge in [-0.2, -0.15) is 0 Å². The van der Waals surface area contributed by atoms with E-state index >= 15 is 0 Å². The number of hydrogen-bond acceptors (Lipinski definition) is 0. The molecule has 0 amide bonds. The van der Waals surface area contributed by atoms with Crippen LogP contribution in [0.5, 0.6) is 0 Å². The number of pyridine rings is 1. The van der Waals surface area contributed by atoms with Gasteiger partial charge in [0.1, 0.15) is 0 Å². The van der Waals surface area contributed by atoms with Gasteiger partial charge in [0, 0.05) is 32.9 Å². The maximum atomic E-state index is 5.75. The average Bonchev–Trinajstić information content (AvgIpc) is 1.86. The van der Waals surface area contributed by atoms with E-state index in [9.17, 15) is 0 Å². The van der Waals surface area contributed by atoms with Crippen molar-refractivity contribution in [2.24, 2.45) is 0 Å². The van der Waals surface area contributed by atoms with Gasteiger partial charge in [-0.1, -0.05) is 11.6 Å². The van der Waals surface area contributed by atoms with E-state index in [1.54, 1.807) is 0 Å². The molecule has 1 rings (SSSR count). The summed E-state index contributed by atoms with van der Waals surface area (Å²) in [7, 11) is 0. The van der Waals surface area contributed by atoms with Crippen LogP contribution in [0.1, 0.15) is 20.8 Å². The minimum absolute atomic E-state index is 0.143. The lowest BCUT2D eigenvalue weighted by molar-refractivity contribution is -0.754. The quantitative estimate of drug-likeness (QED) is 0.527. The summed E-state index contributed by atoms with van der Waals surface area (Å²) >= 11 is 5.75. The molecule has 60 valence electrons. The van der Waals surface area contributed by atoms with Gasteiger partial charge < -0.3 is 0 Å². The van der Waals surface area contributed by atoms with Crippen molar-refractivity contribution >= 4 is 11.6 Å². The molecule has 0 bridgehead atoms. The van der Waals surface area contributed by atoms with Crippen LogP contribution in [0.2, 0.25) is 5.02 Å². The summed E-state index contributed by atoms with van der Waals surface area (Å²) in [5, 5.41) is 0.783. The van der Waals surface area contributed by atoms with Gasteiger partial charge in [0.2, 0.25) is 0 Å². The molecular formula is C9H13ClN+. The van der Waals surface area contributed by atoms with E-state index in [4.69, 9.17) is 11.6 Å². The summed E-state index contributed by atoms with van der Waals surface area (Å²) in [5.74, 6) is 0. The van der Waals surface area contributed by atoms with Crippen LogP contribution in [-0.4, -0.2) is 0 Å². The number of hydrogen-bond donors (Lipinski definition) is 0. The third-order valence-electron chi connectivity index (χ3n) is 1.56. The average molecular weight is 171 g/mol. The Morgan fingerprint density at radius 2 is 1.64 bits per heavy atom. The molecule has 11 heavy (non-hydrogen) atoms. The fourth-order valence-corrected chi connectivity index (χ4v) is 0.968. The molecule has 0 radical (unpaired) electrons. The number of rotatable bonds is 0. The first-order valence-electron chi connectivity index (χ1n) is 3.67. The van der Waals surface area contributed by atoms with Gasteiger partial charge >= 0.3 is 0 Å². The molecule has 0 saturated heterocycles. The van der Waals surface area contributed by atoms with E-state index in [1.165, 1.54) is 0 Å². The lowest BCUT2D eigenvalue weighted by Gasteiger charge is -2.11. The Balaban J connectivity index is 2.99. The summed E-state index contributed by atoms with van der Waals surface area (Å²) in [6, 6.07) is 3.79. The fourth-order valence-electron chi connectivity index (χ4n) is 0.855. The monoisotopic (exact) mass is 170 g/mol. The van der Waals surface area contributed by atoms with Gasteiger partial charge in [0.05, 0.1) is 5.02 Å². The van der Waals surface area contributed by atoms with Crippen LogP contribution in [0.3, 0.4) is 0 Å². The van der Waals surface area contributed by atoms with Gasteiger partial charge in [-0.25, -0.2) is 4.57 Å². The molecule has 0 aliphatic carbocycles. The number of halogens is 1. The van der Waals surface area contributed by atoms with Crippen molar-refractivity contribution in [2.45, 2.75) is 26.3 Å². The highest BCUT2D eigenvalue weighted by atomic mass is 35.5. The minimum atomic E-state index is 0.143. The summed E-state index contributed by atoms with van der Waals surface area (Å²) in [4.78, 5) is 0. The fraction of sp³-hybridized carbons (Fsp3) is 0.444. The van der Waals surface area contributed by atoms with Crippen LogP contribution in [0.25, 0.3) is 0 Å². The van der Waals surface area contributed by atoms with Gasteiger partial charge in [0.25, 0.3) is 0 Å². The molecule has 1 aromatic heterocycles. The van der Waals surface area contributed by atoms with Crippen molar-refractivity contribution in [3.8, 4) is 0 Å². The topological polar surface area (TPSA) is 3.88 Å². The molecule has 1 nitrogen and oxygen atoms in total. The van der Waals surface area contributed by atoms with Crippen molar-refractivity contribution in [1.82, 2.24) is 0 Å². The predicted octanol–water partition coefficient (Wildman–Crippen LogP) is 2.38. The normalized spacial score (nSPS) is 11.6. The molecule has 0 aliphatic heterocycles. The molecule has 2 heteroatoms. The zero-order valence-electron chi connectivity index (χ0n) is 7.13. The molecule has 0 unspecified atom stereocenters. The Labute approximate surface area is 72.6 Å². The second-order valence-electron chi connectivity index (χ2n) is 3.59. The van der Waals surface area contributed by atoms with Crippen molar-refractivity contribution in [3.63, 3.8) is 0 Å². The molecular weight excluding hydrogens is 158 g/mol. The minimum Gasteiger partial charge on any atom is -0.201 e. The lowest BCUT2D eigenvalue weighted by Crippen LogP contribution is -2.49. The zero-order chi connectivity index (χ0) is 8.48. The van der Waals surface area contributed by atoms with Crippen molar-refractivity contribution < 1.29 is 4.57 Å². The first-order chi connectivity index (χ1) is 5.00. The Morgan fingerprint density at radius 1 is 1.18 bits per heavy atom. The summed E-state index contributed by atoms with van der Waals surface area (Å²) < 4.78 is 2.12. The van der Waals surface area contributed by atoms with Crippen molar-refractivity contribution in [1.29, 1.82) is 0 Å². The smallest absolute Gasteiger partial charge is 0.170 e. The van der Waals surface area contributed by atoms with Gasteiger partial charge in [-0.15, -0.1) is 0 Å². The van der Waals surface area contributed by atoms with Crippen LogP contribution >= 0.6 is 11.6 Å². The Bertz CT molecular complexity index is 233. The highest BCUT2D eigenvalue weighted by Gasteiger charge is 2.19. The molecule has 0 aromatic carbocycles. The number of nitrogens with zero attached hydrogens (tertiary/aromatic N) is 1. The first kappa shape index (κ1) is 8.54. The molecule has 0 atom stereocenters. The van der Waals surface area contributed by atoms with Crippen molar-refractivity contribution in [2.75, 3.05) is 0 Å². The van der Waals surface area contributed by atoms with Crippen LogP contribution < -0.4 is 4.57 Å². The van der Waals surface area contributed by atoms with E-state index in [0.29, 0.717) is 0 Å². The Hall–Kier alpha value is -0.560. The van der Waals surface area contributed by atoms with Gasteiger partial charge in [-0.3, -0.25) is 0 Å².